The molecule has 0 aliphatic heterocycles. The van der Waals surface area contributed by atoms with Gasteiger partial charge in [0.15, 0.2) is 0 Å². The summed E-state index contributed by atoms with van der Waals surface area (Å²) in [4.78, 5) is 42.4. The number of hydrogen-bond acceptors (Lipinski definition) is 7. The van der Waals surface area contributed by atoms with Gasteiger partial charge in [0.2, 0.25) is 5.88 Å². The molecular formula is C32H36ClN5O5. The van der Waals surface area contributed by atoms with Gasteiger partial charge in [-0.25, -0.2) is 9.78 Å². The third kappa shape index (κ3) is 7.05. The van der Waals surface area contributed by atoms with E-state index in [4.69, 9.17) is 21.3 Å². The lowest BCUT2D eigenvalue weighted by Gasteiger charge is -2.18. The molecule has 2 aromatic carbocycles. The van der Waals surface area contributed by atoms with E-state index in [1.807, 2.05) is 43.3 Å². The molecule has 0 saturated carbocycles. The fourth-order valence-corrected chi connectivity index (χ4v) is 5.03. The normalized spacial score (nSPS) is 11.4. The summed E-state index contributed by atoms with van der Waals surface area (Å²) >= 11 is 6.97. The Morgan fingerprint density at radius 1 is 1.05 bits per heavy atom. The lowest BCUT2D eigenvalue weighted by molar-refractivity contribution is 0.0711. The fraction of sp³-hybridized carbons (Fsp3) is 0.312. The molecule has 0 spiro atoms. The van der Waals surface area contributed by atoms with Crippen molar-refractivity contribution in [1.82, 2.24) is 19.4 Å². The zero-order chi connectivity index (χ0) is 31.5. The summed E-state index contributed by atoms with van der Waals surface area (Å²) in [5.41, 5.74) is 2.91. The van der Waals surface area contributed by atoms with Crippen LogP contribution in [0.5, 0.6) is 5.88 Å². The van der Waals surface area contributed by atoms with Gasteiger partial charge in [-0.05, 0) is 57.0 Å². The number of aromatic nitrogens is 3. The van der Waals surface area contributed by atoms with Gasteiger partial charge in [-0.1, -0.05) is 48.0 Å². The molecule has 10 nitrogen and oxygen atoms in total. The first kappa shape index (κ1) is 31.7. The van der Waals surface area contributed by atoms with Crippen molar-refractivity contribution in [3.63, 3.8) is 0 Å². The Morgan fingerprint density at radius 3 is 2.42 bits per heavy atom. The Morgan fingerprint density at radius 2 is 1.72 bits per heavy atom. The van der Waals surface area contributed by atoms with Gasteiger partial charge in [0.1, 0.15) is 5.56 Å². The minimum absolute atomic E-state index is 0.148. The maximum Gasteiger partial charge on any atom is 0.330 e. The van der Waals surface area contributed by atoms with Gasteiger partial charge in [0, 0.05) is 49.2 Å². The number of aliphatic hydroxyl groups is 1. The smallest absolute Gasteiger partial charge is 0.330 e. The highest BCUT2D eigenvalue weighted by molar-refractivity contribution is 6.36. The van der Waals surface area contributed by atoms with E-state index in [9.17, 15) is 19.5 Å². The second-order valence-electron chi connectivity index (χ2n) is 11.0. The van der Waals surface area contributed by atoms with Crippen LogP contribution in [0.2, 0.25) is 5.02 Å². The van der Waals surface area contributed by atoms with E-state index < -0.39 is 22.8 Å². The van der Waals surface area contributed by atoms with Crippen molar-refractivity contribution in [2.45, 2.75) is 39.3 Å². The molecule has 0 aliphatic rings. The summed E-state index contributed by atoms with van der Waals surface area (Å²) in [5, 5.41) is 16.5. The fourth-order valence-electron chi connectivity index (χ4n) is 4.70. The summed E-state index contributed by atoms with van der Waals surface area (Å²) < 4.78 is 7.66. The number of hydrogen-bond donors (Lipinski definition) is 3. The number of carbonyl (C=O) groups is 1. The molecule has 11 heteroatoms. The quantitative estimate of drug-likeness (QED) is 0.230. The number of methoxy groups -OCH3 is 1. The van der Waals surface area contributed by atoms with Crippen LogP contribution in [0.15, 0.2) is 64.3 Å². The van der Waals surface area contributed by atoms with Gasteiger partial charge in [0.25, 0.3) is 11.5 Å². The summed E-state index contributed by atoms with van der Waals surface area (Å²) in [6.45, 7) is 6.58. The Bertz CT molecular complexity index is 1790. The number of anilines is 1. The van der Waals surface area contributed by atoms with Crippen LogP contribution in [-0.4, -0.2) is 44.4 Å². The number of carbonyl (C=O) groups excluding carboxylic acids is 1. The van der Waals surface area contributed by atoms with Crippen LogP contribution in [0, 0.1) is 6.92 Å². The van der Waals surface area contributed by atoms with Crippen LogP contribution < -0.4 is 26.6 Å². The van der Waals surface area contributed by atoms with Gasteiger partial charge in [-0.3, -0.25) is 14.2 Å². The molecular weight excluding hydrogens is 570 g/mol. The predicted octanol–water partition coefficient (Wildman–Crippen LogP) is 4.29. The summed E-state index contributed by atoms with van der Waals surface area (Å²) in [6.07, 6.45) is 1.84. The molecule has 0 fully saturated rings. The number of ether oxygens (including phenoxy) is 1. The predicted molar refractivity (Wildman–Crippen MR) is 169 cm³/mol. The van der Waals surface area contributed by atoms with Crippen molar-refractivity contribution in [2.24, 2.45) is 14.1 Å². The van der Waals surface area contributed by atoms with Gasteiger partial charge in [-0.2, -0.15) is 0 Å². The van der Waals surface area contributed by atoms with Crippen molar-refractivity contribution in [3.8, 4) is 28.3 Å². The van der Waals surface area contributed by atoms with E-state index >= 15 is 0 Å². The topological polar surface area (TPSA) is 127 Å². The number of aryl methyl sites for hydroxylation is 1. The highest BCUT2D eigenvalue weighted by Crippen LogP contribution is 2.39. The summed E-state index contributed by atoms with van der Waals surface area (Å²) in [7, 11) is 4.38. The molecule has 0 bridgehead atoms. The summed E-state index contributed by atoms with van der Waals surface area (Å²) in [5.74, 6) is -0.151. The lowest BCUT2D eigenvalue weighted by atomic mass is 9.96. The molecule has 226 valence electrons. The molecule has 0 aliphatic carbocycles. The number of nitrogens with zero attached hydrogens (tertiary/aromatic N) is 3. The highest BCUT2D eigenvalue weighted by Gasteiger charge is 2.19. The molecule has 0 radical (unpaired) electrons. The van der Waals surface area contributed by atoms with Crippen LogP contribution >= 0.6 is 11.6 Å². The monoisotopic (exact) mass is 605 g/mol. The van der Waals surface area contributed by atoms with E-state index in [2.05, 4.69) is 10.6 Å². The first-order valence-corrected chi connectivity index (χ1v) is 14.1. The van der Waals surface area contributed by atoms with Crippen LogP contribution in [0.3, 0.4) is 0 Å². The number of rotatable bonds is 10. The van der Waals surface area contributed by atoms with E-state index in [-0.39, 0.29) is 5.56 Å². The zero-order valence-electron chi connectivity index (χ0n) is 25.1. The maximum absolute atomic E-state index is 13.1. The van der Waals surface area contributed by atoms with Gasteiger partial charge in [0.05, 0.1) is 23.4 Å². The third-order valence-corrected chi connectivity index (χ3v) is 7.61. The van der Waals surface area contributed by atoms with Crippen molar-refractivity contribution in [2.75, 3.05) is 19.0 Å². The Balaban J connectivity index is 1.63. The van der Waals surface area contributed by atoms with E-state index in [0.29, 0.717) is 47.4 Å². The molecule has 43 heavy (non-hydrogen) atoms. The maximum atomic E-state index is 13.1. The number of amides is 1. The van der Waals surface area contributed by atoms with Crippen molar-refractivity contribution in [1.29, 1.82) is 0 Å². The Kier molecular flexibility index (Phi) is 9.54. The standard InChI is InChI=1S/C32H36ClN5O5/c1-19-21(9-8-12-25(19)35-28(39)24-18-37(4)31(41)38(5)30(24)40)22-10-7-11-23(27(22)33)26-14-13-20(29(36-26)43-6)17-34-16-15-32(2,3)42/h7-14,18,34,42H,15-17H2,1-6H3,(H,35,39). The van der Waals surface area contributed by atoms with Crippen LogP contribution in [-0.2, 0) is 20.6 Å². The van der Waals surface area contributed by atoms with Gasteiger partial charge in [-0.15, -0.1) is 0 Å². The summed E-state index contributed by atoms with van der Waals surface area (Å²) in [6, 6.07) is 14.9. The first-order chi connectivity index (χ1) is 20.3. The molecule has 0 saturated heterocycles. The van der Waals surface area contributed by atoms with Gasteiger partial charge >= 0.3 is 5.69 Å². The Labute approximate surface area is 254 Å². The number of benzene rings is 2. The molecule has 0 unspecified atom stereocenters. The molecule has 4 rings (SSSR count). The third-order valence-electron chi connectivity index (χ3n) is 7.20. The average Bonchev–Trinajstić information content (AvgIpc) is 2.97. The van der Waals surface area contributed by atoms with Crippen molar-refractivity contribution in [3.05, 3.63) is 97.3 Å². The zero-order valence-corrected chi connectivity index (χ0v) is 25.9. The highest BCUT2D eigenvalue weighted by atomic mass is 35.5. The largest absolute Gasteiger partial charge is 0.481 e. The minimum atomic E-state index is -0.744. The number of pyridine rings is 1. The Hall–Kier alpha value is -4.25. The molecule has 0 atom stereocenters. The van der Waals surface area contributed by atoms with Crippen LogP contribution in [0.4, 0.5) is 5.69 Å². The van der Waals surface area contributed by atoms with E-state index in [0.717, 1.165) is 26.8 Å². The second-order valence-corrected chi connectivity index (χ2v) is 11.4. The SMILES string of the molecule is COc1nc(-c2cccc(-c3cccc(NC(=O)c4cn(C)c(=O)n(C)c4=O)c3C)c2Cl)ccc1CNCCC(C)(C)O. The average molecular weight is 606 g/mol. The second kappa shape index (κ2) is 12.9. The molecule has 3 N–H and O–H groups in total. The number of halogens is 1. The lowest BCUT2D eigenvalue weighted by Crippen LogP contribution is -2.40. The van der Waals surface area contributed by atoms with Crippen molar-refractivity contribution < 1.29 is 14.6 Å². The minimum Gasteiger partial charge on any atom is -0.481 e. The number of nitrogens with one attached hydrogen (secondary N) is 2. The van der Waals surface area contributed by atoms with Crippen LogP contribution in [0.25, 0.3) is 22.4 Å². The van der Waals surface area contributed by atoms with Crippen LogP contribution in [0.1, 0.15) is 41.8 Å². The van der Waals surface area contributed by atoms with Gasteiger partial charge < -0.3 is 25.0 Å². The van der Waals surface area contributed by atoms with Crippen molar-refractivity contribution >= 4 is 23.2 Å². The first-order valence-electron chi connectivity index (χ1n) is 13.8. The van der Waals surface area contributed by atoms with E-state index in [1.54, 1.807) is 33.1 Å². The molecule has 4 aromatic rings. The molecule has 2 heterocycles. The van der Waals surface area contributed by atoms with E-state index in [1.165, 1.54) is 24.9 Å². The molecule has 1 amide bonds. The molecule has 2 aromatic heterocycles.